The lowest BCUT2D eigenvalue weighted by Crippen LogP contribution is -2.16. The third-order valence-electron chi connectivity index (χ3n) is 3.36. The maximum Gasteiger partial charge on any atom is 0.227 e. The predicted octanol–water partition coefficient (Wildman–Crippen LogP) is 3.81. The number of aryl methyl sites for hydroxylation is 1. The Bertz CT molecular complexity index is 685. The first-order valence-corrected chi connectivity index (χ1v) is 7.93. The molecule has 0 heterocycles. The van der Waals surface area contributed by atoms with E-state index in [1.54, 1.807) is 7.11 Å². The van der Waals surface area contributed by atoms with Gasteiger partial charge in [-0.2, -0.15) is 0 Å². The molecule has 1 N–H and O–H groups in total. The van der Waals surface area contributed by atoms with Crippen LogP contribution in [0.15, 0.2) is 42.5 Å². The maximum absolute atomic E-state index is 12.1. The molecule has 2 aromatic rings. The highest BCUT2D eigenvalue weighted by Crippen LogP contribution is 2.27. The van der Waals surface area contributed by atoms with Crippen LogP contribution in [0.25, 0.3) is 0 Å². The molecule has 24 heavy (non-hydrogen) atoms. The van der Waals surface area contributed by atoms with Gasteiger partial charge in [-0.25, -0.2) is 0 Å². The van der Waals surface area contributed by atoms with E-state index >= 15 is 0 Å². The van der Waals surface area contributed by atoms with Crippen molar-refractivity contribution in [1.82, 2.24) is 0 Å². The Morgan fingerprint density at radius 1 is 1.04 bits per heavy atom. The second-order valence-corrected chi connectivity index (χ2v) is 5.23. The summed E-state index contributed by atoms with van der Waals surface area (Å²) in [5.74, 6) is 1.82. The molecule has 0 fully saturated rings. The molecular formula is C19H23NO4. The summed E-state index contributed by atoms with van der Waals surface area (Å²) in [6.45, 7) is 4.71. The molecule has 0 aromatic heterocycles. The molecule has 0 spiro atoms. The molecule has 2 aromatic carbocycles. The van der Waals surface area contributed by atoms with Crippen LogP contribution in [0, 0.1) is 6.92 Å². The molecule has 0 aliphatic heterocycles. The molecule has 5 nitrogen and oxygen atoms in total. The van der Waals surface area contributed by atoms with Crippen molar-refractivity contribution in [3.05, 3.63) is 48.0 Å². The van der Waals surface area contributed by atoms with Gasteiger partial charge in [0.15, 0.2) is 11.5 Å². The van der Waals surface area contributed by atoms with Gasteiger partial charge < -0.3 is 19.5 Å². The molecule has 0 radical (unpaired) electrons. The minimum Gasteiger partial charge on any atom is -0.495 e. The quantitative estimate of drug-likeness (QED) is 0.800. The molecule has 0 saturated carbocycles. The van der Waals surface area contributed by atoms with Gasteiger partial charge in [-0.1, -0.05) is 18.2 Å². The fourth-order valence-corrected chi connectivity index (χ4v) is 2.23. The number of amides is 1. The van der Waals surface area contributed by atoms with E-state index in [9.17, 15) is 4.79 Å². The van der Waals surface area contributed by atoms with E-state index in [0.717, 1.165) is 5.56 Å². The fraction of sp³-hybridized carbons (Fsp3) is 0.316. The van der Waals surface area contributed by atoms with Gasteiger partial charge in [-0.3, -0.25) is 4.79 Å². The van der Waals surface area contributed by atoms with E-state index < -0.39 is 0 Å². The number of nitrogens with one attached hydrogen (secondary N) is 1. The van der Waals surface area contributed by atoms with Crippen LogP contribution in [0.5, 0.6) is 17.2 Å². The molecule has 0 saturated heterocycles. The molecule has 0 atom stereocenters. The fourth-order valence-electron chi connectivity index (χ4n) is 2.23. The van der Waals surface area contributed by atoms with Crippen LogP contribution in [0.3, 0.4) is 0 Å². The zero-order valence-electron chi connectivity index (χ0n) is 14.3. The standard InChI is InChI=1S/C19H23NO4/c1-4-23-17-7-5-6-8-18(17)24-12-11-19(21)20-15-13-14(2)9-10-16(15)22-3/h5-10,13H,4,11-12H2,1-3H3,(H,20,21). The largest absolute Gasteiger partial charge is 0.495 e. The Morgan fingerprint density at radius 2 is 1.75 bits per heavy atom. The van der Waals surface area contributed by atoms with Crippen molar-refractivity contribution in [3.8, 4) is 17.2 Å². The first-order valence-electron chi connectivity index (χ1n) is 7.93. The number of rotatable bonds is 8. The Hall–Kier alpha value is -2.69. The summed E-state index contributed by atoms with van der Waals surface area (Å²) in [7, 11) is 1.58. The van der Waals surface area contributed by atoms with Crippen molar-refractivity contribution in [3.63, 3.8) is 0 Å². The first kappa shape index (κ1) is 17.7. The van der Waals surface area contributed by atoms with E-state index in [1.807, 2.05) is 56.3 Å². The van der Waals surface area contributed by atoms with Crippen molar-refractivity contribution < 1.29 is 19.0 Å². The summed E-state index contributed by atoms with van der Waals surface area (Å²) in [4.78, 5) is 12.1. The van der Waals surface area contributed by atoms with Gasteiger partial charge in [0.05, 0.1) is 32.4 Å². The van der Waals surface area contributed by atoms with E-state index in [2.05, 4.69) is 5.32 Å². The lowest BCUT2D eigenvalue weighted by molar-refractivity contribution is -0.116. The first-order chi connectivity index (χ1) is 11.6. The minimum atomic E-state index is -0.132. The number of hydrogen-bond donors (Lipinski definition) is 1. The smallest absolute Gasteiger partial charge is 0.227 e. The maximum atomic E-state index is 12.1. The van der Waals surface area contributed by atoms with Crippen LogP contribution in [-0.2, 0) is 4.79 Å². The van der Waals surface area contributed by atoms with Crippen LogP contribution in [0.2, 0.25) is 0 Å². The third-order valence-corrected chi connectivity index (χ3v) is 3.36. The monoisotopic (exact) mass is 329 g/mol. The molecule has 128 valence electrons. The number of para-hydroxylation sites is 2. The van der Waals surface area contributed by atoms with Gasteiger partial charge >= 0.3 is 0 Å². The number of benzene rings is 2. The zero-order chi connectivity index (χ0) is 17.4. The topological polar surface area (TPSA) is 56.8 Å². The number of ether oxygens (including phenoxy) is 3. The predicted molar refractivity (Wildman–Crippen MR) is 94.1 cm³/mol. The lowest BCUT2D eigenvalue weighted by Gasteiger charge is -2.13. The van der Waals surface area contributed by atoms with E-state index in [-0.39, 0.29) is 18.9 Å². The van der Waals surface area contributed by atoms with Crippen LogP contribution in [0.4, 0.5) is 5.69 Å². The summed E-state index contributed by atoms with van der Waals surface area (Å²) in [5, 5.41) is 2.85. The summed E-state index contributed by atoms with van der Waals surface area (Å²) >= 11 is 0. The summed E-state index contributed by atoms with van der Waals surface area (Å²) in [5.41, 5.74) is 1.71. The molecule has 2 rings (SSSR count). The number of methoxy groups -OCH3 is 1. The normalized spacial score (nSPS) is 10.1. The summed E-state index contributed by atoms with van der Waals surface area (Å²) in [6, 6.07) is 13.1. The van der Waals surface area contributed by atoms with Gasteiger partial charge in [-0.15, -0.1) is 0 Å². The Morgan fingerprint density at radius 3 is 2.42 bits per heavy atom. The van der Waals surface area contributed by atoms with Crippen LogP contribution in [0.1, 0.15) is 18.9 Å². The van der Waals surface area contributed by atoms with Crippen LogP contribution in [-0.4, -0.2) is 26.2 Å². The summed E-state index contributed by atoms with van der Waals surface area (Å²) < 4.78 is 16.4. The SMILES string of the molecule is CCOc1ccccc1OCCC(=O)Nc1cc(C)ccc1OC. The molecule has 1 amide bonds. The van der Waals surface area contributed by atoms with Gasteiger partial charge in [0.25, 0.3) is 0 Å². The highest BCUT2D eigenvalue weighted by atomic mass is 16.5. The highest BCUT2D eigenvalue weighted by molar-refractivity contribution is 5.92. The number of hydrogen-bond acceptors (Lipinski definition) is 4. The third kappa shape index (κ3) is 4.91. The van der Waals surface area contributed by atoms with Gasteiger partial charge in [0, 0.05) is 0 Å². The zero-order valence-corrected chi connectivity index (χ0v) is 14.3. The molecule has 0 bridgehead atoms. The minimum absolute atomic E-state index is 0.132. The van der Waals surface area contributed by atoms with Gasteiger partial charge in [-0.05, 0) is 43.7 Å². The Labute approximate surface area is 142 Å². The molecular weight excluding hydrogens is 306 g/mol. The van der Waals surface area contributed by atoms with Gasteiger partial charge in [0.2, 0.25) is 5.91 Å². The molecule has 5 heteroatoms. The molecule has 0 aliphatic rings. The molecule has 0 unspecified atom stereocenters. The van der Waals surface area contributed by atoms with Crippen molar-refractivity contribution in [2.45, 2.75) is 20.3 Å². The highest BCUT2D eigenvalue weighted by Gasteiger charge is 2.09. The Kier molecular flexibility index (Phi) is 6.49. The van der Waals surface area contributed by atoms with Crippen LogP contribution < -0.4 is 19.5 Å². The number of anilines is 1. The van der Waals surface area contributed by atoms with Crippen molar-refractivity contribution in [1.29, 1.82) is 0 Å². The lowest BCUT2D eigenvalue weighted by atomic mass is 10.2. The van der Waals surface area contributed by atoms with Gasteiger partial charge in [0.1, 0.15) is 5.75 Å². The van der Waals surface area contributed by atoms with Crippen molar-refractivity contribution in [2.75, 3.05) is 25.6 Å². The second kappa shape index (κ2) is 8.82. The number of carbonyl (C=O) groups excluding carboxylic acids is 1. The van der Waals surface area contributed by atoms with Crippen molar-refractivity contribution in [2.24, 2.45) is 0 Å². The van der Waals surface area contributed by atoms with E-state index in [1.165, 1.54) is 0 Å². The van der Waals surface area contributed by atoms with E-state index in [0.29, 0.717) is 29.5 Å². The average Bonchev–Trinajstić information content (AvgIpc) is 2.57. The summed E-state index contributed by atoms with van der Waals surface area (Å²) in [6.07, 6.45) is 0.234. The molecule has 0 aliphatic carbocycles. The van der Waals surface area contributed by atoms with E-state index in [4.69, 9.17) is 14.2 Å². The Balaban J connectivity index is 1.89. The van der Waals surface area contributed by atoms with Crippen molar-refractivity contribution >= 4 is 11.6 Å². The average molecular weight is 329 g/mol. The van der Waals surface area contributed by atoms with Crippen LogP contribution >= 0.6 is 0 Å². The second-order valence-electron chi connectivity index (χ2n) is 5.23. The number of carbonyl (C=O) groups is 1.